The van der Waals surface area contributed by atoms with E-state index in [-0.39, 0.29) is 6.61 Å². The molecule has 0 aliphatic heterocycles. The first kappa shape index (κ1) is 15.4. The van der Waals surface area contributed by atoms with Crippen molar-refractivity contribution in [2.24, 2.45) is 0 Å². The SMILES string of the molecule is CC#CC#CC#CC#C/C=C\[C@H](O)COC(C)=O. The first-order chi connectivity index (χ1) is 8.66. The Balaban J connectivity index is 4.05. The van der Waals surface area contributed by atoms with Gasteiger partial charge in [-0.05, 0) is 54.6 Å². The summed E-state index contributed by atoms with van der Waals surface area (Å²) >= 11 is 0. The smallest absolute Gasteiger partial charge is 0.302 e. The molecule has 0 saturated heterocycles. The highest BCUT2D eigenvalue weighted by molar-refractivity contribution is 5.65. The van der Waals surface area contributed by atoms with Gasteiger partial charge in [-0.1, -0.05) is 11.8 Å². The molecule has 0 aromatic carbocycles. The zero-order valence-electron chi connectivity index (χ0n) is 10.2. The molecule has 0 unspecified atom stereocenters. The van der Waals surface area contributed by atoms with Gasteiger partial charge < -0.3 is 9.84 Å². The van der Waals surface area contributed by atoms with E-state index < -0.39 is 12.1 Å². The molecule has 0 aliphatic carbocycles. The maximum Gasteiger partial charge on any atom is 0.302 e. The molecule has 1 N–H and O–H groups in total. The number of carbonyl (C=O) groups excluding carboxylic acids is 1. The summed E-state index contributed by atoms with van der Waals surface area (Å²) in [4.78, 5) is 10.4. The van der Waals surface area contributed by atoms with E-state index >= 15 is 0 Å². The van der Waals surface area contributed by atoms with Gasteiger partial charge in [0.15, 0.2) is 0 Å². The van der Waals surface area contributed by atoms with Crippen molar-refractivity contribution in [3.63, 3.8) is 0 Å². The Labute approximate surface area is 107 Å². The fourth-order valence-corrected chi connectivity index (χ4v) is 0.683. The summed E-state index contributed by atoms with van der Waals surface area (Å²) in [6.45, 7) is 2.88. The topological polar surface area (TPSA) is 46.5 Å². The van der Waals surface area contributed by atoms with Crippen LogP contribution >= 0.6 is 0 Å². The average Bonchev–Trinajstić information content (AvgIpc) is 2.34. The fourth-order valence-electron chi connectivity index (χ4n) is 0.683. The van der Waals surface area contributed by atoms with Crippen LogP contribution in [0.1, 0.15) is 13.8 Å². The molecule has 0 amide bonds. The van der Waals surface area contributed by atoms with Gasteiger partial charge in [-0.3, -0.25) is 4.79 Å². The van der Waals surface area contributed by atoms with Gasteiger partial charge in [-0.2, -0.15) is 0 Å². The molecule has 18 heavy (non-hydrogen) atoms. The molecule has 0 aliphatic rings. The van der Waals surface area contributed by atoms with Crippen LogP contribution in [0.3, 0.4) is 0 Å². The Morgan fingerprint density at radius 3 is 2.44 bits per heavy atom. The Morgan fingerprint density at radius 1 is 1.22 bits per heavy atom. The number of hydrogen-bond acceptors (Lipinski definition) is 3. The third-order valence-corrected chi connectivity index (χ3v) is 1.37. The van der Waals surface area contributed by atoms with E-state index in [1.54, 1.807) is 6.92 Å². The molecular formula is C15H12O3. The normalized spacial score (nSPS) is 9.28. The minimum atomic E-state index is -0.865. The number of carbonyl (C=O) groups is 1. The van der Waals surface area contributed by atoms with Crippen molar-refractivity contribution in [2.75, 3.05) is 6.61 Å². The number of ether oxygens (including phenoxy) is 1. The Kier molecular flexibility index (Phi) is 9.34. The molecule has 0 bridgehead atoms. The number of esters is 1. The molecule has 1 atom stereocenters. The summed E-state index contributed by atoms with van der Waals surface area (Å²) in [5.74, 6) is 19.8. The highest BCUT2D eigenvalue weighted by Gasteiger charge is 1.99. The van der Waals surface area contributed by atoms with Gasteiger partial charge in [0, 0.05) is 6.92 Å². The van der Waals surface area contributed by atoms with Gasteiger partial charge in [0.25, 0.3) is 0 Å². The van der Waals surface area contributed by atoms with Crippen molar-refractivity contribution >= 4 is 5.97 Å². The van der Waals surface area contributed by atoms with Crippen LogP contribution in [0.15, 0.2) is 12.2 Å². The van der Waals surface area contributed by atoms with E-state index in [4.69, 9.17) is 0 Å². The number of hydrogen-bond donors (Lipinski definition) is 1. The standard InChI is InChI=1S/C15H12O3/c1-3-4-5-6-7-8-9-10-11-12-15(17)13-18-14(2)16/h11-12,15,17H,13H2,1-2H3/b12-11-/t15-/m0/s1. The highest BCUT2D eigenvalue weighted by atomic mass is 16.5. The second-order valence-corrected chi connectivity index (χ2v) is 2.87. The van der Waals surface area contributed by atoms with E-state index in [0.29, 0.717) is 0 Å². The van der Waals surface area contributed by atoms with E-state index in [1.807, 2.05) is 0 Å². The van der Waals surface area contributed by atoms with E-state index in [1.165, 1.54) is 19.1 Å². The monoisotopic (exact) mass is 240 g/mol. The van der Waals surface area contributed by atoms with Crippen LogP contribution in [0, 0.1) is 47.4 Å². The molecule has 0 heterocycles. The molecule has 0 saturated carbocycles. The molecule has 3 nitrogen and oxygen atoms in total. The fraction of sp³-hybridized carbons (Fsp3) is 0.267. The van der Waals surface area contributed by atoms with Crippen LogP contribution in [-0.2, 0) is 9.53 Å². The second-order valence-electron chi connectivity index (χ2n) is 2.87. The lowest BCUT2D eigenvalue weighted by molar-refractivity contribution is -0.143. The Morgan fingerprint density at radius 2 is 1.83 bits per heavy atom. The van der Waals surface area contributed by atoms with Crippen molar-refractivity contribution in [2.45, 2.75) is 20.0 Å². The number of rotatable bonds is 3. The van der Waals surface area contributed by atoms with E-state index in [0.717, 1.165) is 0 Å². The van der Waals surface area contributed by atoms with Crippen LogP contribution < -0.4 is 0 Å². The van der Waals surface area contributed by atoms with Crippen LogP contribution in [0.25, 0.3) is 0 Å². The highest BCUT2D eigenvalue weighted by Crippen LogP contribution is 1.88. The van der Waals surface area contributed by atoms with Gasteiger partial charge in [-0.15, -0.1) is 0 Å². The van der Waals surface area contributed by atoms with Crippen LogP contribution in [0.2, 0.25) is 0 Å². The first-order valence-corrected chi connectivity index (χ1v) is 5.07. The van der Waals surface area contributed by atoms with Crippen molar-refractivity contribution in [1.29, 1.82) is 0 Å². The van der Waals surface area contributed by atoms with Crippen LogP contribution in [0.4, 0.5) is 0 Å². The molecule has 0 spiro atoms. The Hall–Kier alpha value is -2.59. The summed E-state index contributed by atoms with van der Waals surface area (Å²) in [7, 11) is 0. The quantitative estimate of drug-likeness (QED) is 0.577. The molecule has 0 fully saturated rings. The number of allylic oxidation sites excluding steroid dienone is 1. The van der Waals surface area contributed by atoms with Crippen molar-refractivity contribution in [3.05, 3.63) is 12.2 Å². The third-order valence-electron chi connectivity index (χ3n) is 1.37. The first-order valence-electron chi connectivity index (χ1n) is 5.07. The van der Waals surface area contributed by atoms with Crippen molar-refractivity contribution in [1.82, 2.24) is 0 Å². The predicted octanol–water partition coefficient (Wildman–Crippen LogP) is 0.500. The van der Waals surface area contributed by atoms with Gasteiger partial charge in [0.05, 0.1) is 0 Å². The minimum absolute atomic E-state index is 0.0830. The predicted molar refractivity (Wildman–Crippen MR) is 68.6 cm³/mol. The molecule has 0 aromatic rings. The third kappa shape index (κ3) is 11.5. The Bertz CT molecular complexity index is 539. The van der Waals surface area contributed by atoms with Gasteiger partial charge in [0.2, 0.25) is 0 Å². The summed E-state index contributed by atoms with van der Waals surface area (Å²) in [6.07, 6.45) is 1.98. The minimum Gasteiger partial charge on any atom is -0.463 e. The number of aliphatic hydroxyl groups excluding tert-OH is 1. The van der Waals surface area contributed by atoms with Gasteiger partial charge in [-0.25, -0.2) is 0 Å². The van der Waals surface area contributed by atoms with Gasteiger partial charge >= 0.3 is 5.97 Å². The second kappa shape index (κ2) is 10.9. The maximum atomic E-state index is 10.4. The lowest BCUT2D eigenvalue weighted by atomic mass is 10.3. The van der Waals surface area contributed by atoms with Crippen LogP contribution in [-0.4, -0.2) is 23.8 Å². The maximum absolute atomic E-state index is 10.4. The molecule has 90 valence electrons. The van der Waals surface area contributed by atoms with E-state index in [2.05, 4.69) is 52.1 Å². The largest absolute Gasteiger partial charge is 0.463 e. The average molecular weight is 240 g/mol. The van der Waals surface area contributed by atoms with Crippen molar-refractivity contribution in [3.8, 4) is 47.4 Å². The molecule has 0 radical (unpaired) electrons. The summed E-state index contributed by atoms with van der Waals surface area (Å²) < 4.78 is 4.59. The molecule has 0 rings (SSSR count). The van der Waals surface area contributed by atoms with E-state index in [9.17, 15) is 9.90 Å². The zero-order valence-corrected chi connectivity index (χ0v) is 10.2. The van der Waals surface area contributed by atoms with Crippen LogP contribution in [0.5, 0.6) is 0 Å². The zero-order chi connectivity index (χ0) is 13.6. The lowest BCUT2D eigenvalue weighted by Crippen LogP contribution is -2.14. The summed E-state index contributed by atoms with van der Waals surface area (Å²) in [5, 5.41) is 9.29. The lowest BCUT2D eigenvalue weighted by Gasteiger charge is -2.03. The summed E-state index contributed by atoms with van der Waals surface area (Å²) in [5.41, 5.74) is 0. The number of aliphatic hydroxyl groups is 1. The molecule has 3 heteroatoms. The van der Waals surface area contributed by atoms with Crippen molar-refractivity contribution < 1.29 is 14.6 Å². The molecular weight excluding hydrogens is 228 g/mol. The van der Waals surface area contributed by atoms with Gasteiger partial charge in [0.1, 0.15) is 12.7 Å². The molecule has 0 aromatic heterocycles. The summed E-state index contributed by atoms with van der Waals surface area (Å²) in [6, 6.07) is 0.